The van der Waals surface area contributed by atoms with E-state index in [2.05, 4.69) is 16.4 Å². The van der Waals surface area contributed by atoms with Crippen LogP contribution in [0.4, 0.5) is 0 Å². The van der Waals surface area contributed by atoms with Crippen molar-refractivity contribution in [2.75, 3.05) is 13.2 Å². The van der Waals surface area contributed by atoms with Crippen molar-refractivity contribution in [3.8, 4) is 0 Å². The molecule has 3 rings (SSSR count). The number of ether oxygens (including phenoxy) is 1. The number of amides is 1. The van der Waals surface area contributed by atoms with E-state index in [-0.39, 0.29) is 12.5 Å². The molecule has 0 aliphatic heterocycles. The van der Waals surface area contributed by atoms with Crippen molar-refractivity contribution >= 4 is 34.1 Å². The molecule has 0 unspecified atom stereocenters. The lowest BCUT2D eigenvalue weighted by Crippen LogP contribution is -2.30. The van der Waals surface area contributed by atoms with Crippen molar-refractivity contribution in [3.05, 3.63) is 57.4 Å². The number of benzene rings is 1. The van der Waals surface area contributed by atoms with Crippen molar-refractivity contribution < 1.29 is 14.3 Å². The highest BCUT2D eigenvalue weighted by atomic mass is 32.1. The summed E-state index contributed by atoms with van der Waals surface area (Å²) in [7, 11) is 0. The van der Waals surface area contributed by atoms with Crippen LogP contribution in [0.2, 0.25) is 0 Å². The molecule has 25 heavy (non-hydrogen) atoms. The number of aryl methyl sites for hydroxylation is 2. The van der Waals surface area contributed by atoms with Crippen LogP contribution in [0.15, 0.2) is 36.5 Å². The molecular weight excluding hydrogens is 336 g/mol. The van der Waals surface area contributed by atoms with E-state index in [1.54, 1.807) is 17.4 Å². The van der Waals surface area contributed by atoms with Crippen LogP contribution in [0.1, 0.15) is 25.7 Å². The van der Waals surface area contributed by atoms with Crippen molar-refractivity contribution in [1.82, 2.24) is 10.3 Å². The molecule has 2 aromatic heterocycles. The molecular formula is C19H20N2O3S. The predicted octanol–water partition coefficient (Wildman–Crippen LogP) is 3.36. The highest BCUT2D eigenvalue weighted by Crippen LogP contribution is 2.21. The summed E-state index contributed by atoms with van der Waals surface area (Å²) in [5.74, 6) is -0.744. The second-order valence-electron chi connectivity index (χ2n) is 5.86. The monoisotopic (exact) mass is 356 g/mol. The number of nitrogens with one attached hydrogen (secondary N) is 2. The summed E-state index contributed by atoms with van der Waals surface area (Å²) in [5, 5.41) is 3.94. The fourth-order valence-electron chi connectivity index (χ4n) is 2.77. The summed E-state index contributed by atoms with van der Waals surface area (Å²) >= 11 is 1.54. The summed E-state index contributed by atoms with van der Waals surface area (Å²) in [6.45, 7) is 4.04. The van der Waals surface area contributed by atoms with Gasteiger partial charge in [0.2, 0.25) is 0 Å². The number of fused-ring (bicyclic) bond motifs is 1. The van der Waals surface area contributed by atoms with Crippen LogP contribution in [0.3, 0.4) is 0 Å². The number of H-pyrrole nitrogens is 1. The number of thiophene rings is 1. The van der Waals surface area contributed by atoms with Crippen molar-refractivity contribution in [3.63, 3.8) is 0 Å². The second kappa shape index (κ2) is 7.53. The van der Waals surface area contributed by atoms with Crippen molar-refractivity contribution in [2.24, 2.45) is 0 Å². The van der Waals surface area contributed by atoms with Gasteiger partial charge in [0.15, 0.2) is 6.61 Å². The molecule has 1 amide bonds. The lowest BCUT2D eigenvalue weighted by atomic mass is 10.1. The summed E-state index contributed by atoms with van der Waals surface area (Å²) in [4.78, 5) is 29.0. The molecule has 0 atom stereocenters. The topological polar surface area (TPSA) is 71.2 Å². The molecule has 5 nitrogen and oxygen atoms in total. The first kappa shape index (κ1) is 17.2. The molecule has 130 valence electrons. The Hall–Kier alpha value is -2.60. The number of para-hydroxylation sites is 1. The zero-order valence-electron chi connectivity index (χ0n) is 14.2. The van der Waals surface area contributed by atoms with Gasteiger partial charge in [0.25, 0.3) is 5.91 Å². The summed E-state index contributed by atoms with van der Waals surface area (Å²) in [6.07, 6.45) is 2.67. The van der Waals surface area contributed by atoms with Gasteiger partial charge in [-0.2, -0.15) is 0 Å². The van der Waals surface area contributed by atoms with Crippen LogP contribution in [-0.2, 0) is 16.0 Å². The lowest BCUT2D eigenvalue weighted by Gasteiger charge is -2.06. The van der Waals surface area contributed by atoms with Gasteiger partial charge in [0, 0.05) is 33.4 Å². The van der Waals surface area contributed by atoms with Crippen LogP contribution in [0.5, 0.6) is 0 Å². The number of aromatic amines is 1. The standard InChI is InChI=1S/C19H20N2O3S/c1-12-9-16(13(2)25-12)19(23)24-11-18(22)20-8-7-14-10-21-17-6-4-3-5-15(14)17/h3-6,9-10,21H,7-8,11H2,1-2H3,(H,20,22). The maximum absolute atomic E-state index is 12.0. The Morgan fingerprint density at radius 1 is 1.24 bits per heavy atom. The van der Waals surface area contributed by atoms with E-state index < -0.39 is 5.97 Å². The van der Waals surface area contributed by atoms with E-state index in [9.17, 15) is 9.59 Å². The summed E-state index contributed by atoms with van der Waals surface area (Å²) < 4.78 is 5.09. The molecule has 0 saturated heterocycles. The molecule has 0 fully saturated rings. The minimum atomic E-state index is -0.450. The highest BCUT2D eigenvalue weighted by Gasteiger charge is 2.15. The Bertz CT molecular complexity index is 910. The third-order valence-corrected chi connectivity index (χ3v) is 4.95. The maximum atomic E-state index is 12.0. The Labute approximate surface area is 150 Å². The van der Waals surface area contributed by atoms with E-state index in [1.165, 1.54) is 0 Å². The van der Waals surface area contributed by atoms with Crippen LogP contribution < -0.4 is 5.32 Å². The molecule has 6 heteroatoms. The molecule has 2 heterocycles. The molecule has 0 spiro atoms. The van der Waals surface area contributed by atoms with Gasteiger partial charge in [0.05, 0.1) is 5.56 Å². The molecule has 0 aliphatic rings. The van der Waals surface area contributed by atoms with E-state index in [4.69, 9.17) is 4.74 Å². The molecule has 0 aliphatic carbocycles. The van der Waals surface area contributed by atoms with Crippen molar-refractivity contribution in [2.45, 2.75) is 20.3 Å². The van der Waals surface area contributed by atoms with Gasteiger partial charge < -0.3 is 15.0 Å². The van der Waals surface area contributed by atoms with Gasteiger partial charge in [-0.25, -0.2) is 4.79 Å². The van der Waals surface area contributed by atoms with Crippen LogP contribution in [0, 0.1) is 13.8 Å². The Morgan fingerprint density at radius 2 is 2.04 bits per heavy atom. The first-order valence-corrected chi connectivity index (χ1v) is 8.92. The molecule has 0 saturated carbocycles. The number of hydrogen-bond donors (Lipinski definition) is 2. The highest BCUT2D eigenvalue weighted by molar-refractivity contribution is 7.12. The van der Waals surface area contributed by atoms with Gasteiger partial charge in [-0.05, 0) is 38.0 Å². The Balaban J connectivity index is 1.45. The average molecular weight is 356 g/mol. The van der Waals surface area contributed by atoms with Crippen molar-refractivity contribution in [1.29, 1.82) is 0 Å². The van der Waals surface area contributed by atoms with Crippen LogP contribution >= 0.6 is 11.3 Å². The van der Waals surface area contributed by atoms with E-state index in [1.807, 2.05) is 38.2 Å². The number of esters is 1. The minimum Gasteiger partial charge on any atom is -0.452 e. The second-order valence-corrected chi connectivity index (χ2v) is 7.32. The molecule has 3 aromatic rings. The largest absolute Gasteiger partial charge is 0.452 e. The summed E-state index contributed by atoms with van der Waals surface area (Å²) in [6, 6.07) is 9.83. The predicted molar refractivity (Wildman–Crippen MR) is 99.1 cm³/mol. The summed E-state index contributed by atoms with van der Waals surface area (Å²) in [5.41, 5.74) is 2.77. The van der Waals surface area contributed by atoms with E-state index in [0.717, 1.165) is 26.2 Å². The molecule has 0 bridgehead atoms. The number of hydrogen-bond acceptors (Lipinski definition) is 4. The fourth-order valence-corrected chi connectivity index (χ4v) is 3.68. The third-order valence-electron chi connectivity index (χ3n) is 3.99. The average Bonchev–Trinajstić information content (AvgIpc) is 3.16. The molecule has 2 N–H and O–H groups in total. The van der Waals surface area contributed by atoms with E-state index in [0.29, 0.717) is 18.5 Å². The van der Waals surface area contributed by atoms with E-state index >= 15 is 0 Å². The quantitative estimate of drug-likeness (QED) is 0.665. The van der Waals surface area contributed by atoms with Gasteiger partial charge in [-0.1, -0.05) is 18.2 Å². The lowest BCUT2D eigenvalue weighted by molar-refractivity contribution is -0.124. The molecule has 0 radical (unpaired) electrons. The zero-order chi connectivity index (χ0) is 17.8. The Kier molecular flexibility index (Phi) is 5.19. The number of aromatic nitrogens is 1. The Morgan fingerprint density at radius 3 is 2.80 bits per heavy atom. The number of carbonyl (C=O) groups is 2. The number of carbonyl (C=O) groups excluding carboxylic acids is 2. The van der Waals surface area contributed by atoms with Crippen LogP contribution in [-0.4, -0.2) is 30.0 Å². The van der Waals surface area contributed by atoms with Gasteiger partial charge >= 0.3 is 5.97 Å². The van der Waals surface area contributed by atoms with Crippen LogP contribution in [0.25, 0.3) is 10.9 Å². The third kappa shape index (κ3) is 4.09. The molecule has 1 aromatic carbocycles. The zero-order valence-corrected chi connectivity index (χ0v) is 15.0. The van der Waals surface area contributed by atoms with Gasteiger partial charge in [-0.15, -0.1) is 11.3 Å². The minimum absolute atomic E-state index is 0.263. The smallest absolute Gasteiger partial charge is 0.339 e. The van der Waals surface area contributed by atoms with Gasteiger partial charge in [-0.3, -0.25) is 4.79 Å². The maximum Gasteiger partial charge on any atom is 0.339 e. The first-order valence-electron chi connectivity index (χ1n) is 8.10. The fraction of sp³-hybridized carbons (Fsp3) is 0.263. The normalized spacial score (nSPS) is 10.8. The SMILES string of the molecule is Cc1cc(C(=O)OCC(=O)NCCc2c[nH]c3ccccc23)c(C)s1. The van der Waals surface area contributed by atoms with Gasteiger partial charge in [0.1, 0.15) is 0 Å². The first-order chi connectivity index (χ1) is 12.0. The number of rotatable bonds is 6.